The van der Waals surface area contributed by atoms with E-state index in [9.17, 15) is 4.79 Å². The highest BCUT2D eigenvalue weighted by Crippen LogP contribution is 2.21. The molecule has 0 aliphatic carbocycles. The molecular weight excluding hydrogens is 234 g/mol. The highest BCUT2D eigenvalue weighted by molar-refractivity contribution is 7.09. The van der Waals surface area contributed by atoms with Crippen molar-refractivity contribution < 1.29 is 4.79 Å². The molecule has 0 fully saturated rings. The Balaban J connectivity index is 2.68. The van der Waals surface area contributed by atoms with Gasteiger partial charge >= 0.3 is 0 Å². The van der Waals surface area contributed by atoms with Gasteiger partial charge in [-0.05, 0) is 20.3 Å². The van der Waals surface area contributed by atoms with Gasteiger partial charge < -0.3 is 11.1 Å². The van der Waals surface area contributed by atoms with Crippen molar-refractivity contribution in [2.24, 2.45) is 11.7 Å². The van der Waals surface area contributed by atoms with Gasteiger partial charge in [0.25, 0.3) is 0 Å². The molecule has 3 atom stereocenters. The number of nitrogens with two attached hydrogens (primary N) is 1. The molecule has 3 unspecified atom stereocenters. The molecule has 1 heterocycles. The second-order valence-electron chi connectivity index (χ2n) is 4.44. The third-order valence-corrected chi connectivity index (χ3v) is 3.94. The molecule has 3 N–H and O–H groups in total. The van der Waals surface area contributed by atoms with Gasteiger partial charge in [-0.2, -0.15) is 0 Å². The number of nitrogens with one attached hydrogen (secondary N) is 1. The highest BCUT2D eigenvalue weighted by Gasteiger charge is 2.21. The maximum absolute atomic E-state index is 11.9. The standard InChI is InChI=1S/C12H21N3OS/c1-5-10(12-14-7(2)6-17-12)15-11(16)8(3)9(4)13/h6,8-10H,5,13H2,1-4H3,(H,15,16). The number of carbonyl (C=O) groups excluding carboxylic acids is 1. The number of rotatable bonds is 5. The van der Waals surface area contributed by atoms with Crippen LogP contribution >= 0.6 is 11.3 Å². The first kappa shape index (κ1) is 14.1. The molecule has 0 spiro atoms. The smallest absolute Gasteiger partial charge is 0.224 e. The number of aryl methyl sites for hydroxylation is 1. The van der Waals surface area contributed by atoms with E-state index in [0.717, 1.165) is 17.1 Å². The molecular formula is C12H21N3OS. The Morgan fingerprint density at radius 2 is 2.24 bits per heavy atom. The lowest BCUT2D eigenvalue weighted by Gasteiger charge is -2.20. The van der Waals surface area contributed by atoms with E-state index in [1.54, 1.807) is 11.3 Å². The first-order valence-electron chi connectivity index (χ1n) is 5.93. The summed E-state index contributed by atoms with van der Waals surface area (Å²) in [4.78, 5) is 16.3. The number of carbonyl (C=O) groups is 1. The molecule has 5 heteroatoms. The van der Waals surface area contributed by atoms with Crippen molar-refractivity contribution in [3.8, 4) is 0 Å². The van der Waals surface area contributed by atoms with E-state index in [-0.39, 0.29) is 23.9 Å². The molecule has 0 aromatic carbocycles. The average Bonchev–Trinajstić information content (AvgIpc) is 2.70. The van der Waals surface area contributed by atoms with Crippen LogP contribution in [-0.4, -0.2) is 16.9 Å². The lowest BCUT2D eigenvalue weighted by atomic mass is 10.0. The Bertz CT molecular complexity index is 376. The first-order chi connectivity index (χ1) is 7.95. The molecule has 1 aromatic rings. The van der Waals surface area contributed by atoms with E-state index in [1.165, 1.54) is 0 Å². The van der Waals surface area contributed by atoms with Crippen molar-refractivity contribution >= 4 is 17.2 Å². The van der Waals surface area contributed by atoms with Crippen LogP contribution in [0.25, 0.3) is 0 Å². The number of amides is 1. The molecule has 0 radical (unpaired) electrons. The van der Waals surface area contributed by atoms with Crippen LogP contribution < -0.4 is 11.1 Å². The fourth-order valence-electron chi connectivity index (χ4n) is 1.41. The third-order valence-electron chi connectivity index (χ3n) is 2.86. The van der Waals surface area contributed by atoms with Gasteiger partial charge in [-0.25, -0.2) is 4.98 Å². The minimum Gasteiger partial charge on any atom is -0.347 e. The summed E-state index contributed by atoms with van der Waals surface area (Å²) in [7, 11) is 0. The predicted molar refractivity (Wildman–Crippen MR) is 70.8 cm³/mol. The Morgan fingerprint density at radius 1 is 1.59 bits per heavy atom. The number of hydrogen-bond donors (Lipinski definition) is 2. The summed E-state index contributed by atoms with van der Waals surface area (Å²) in [6, 6.07) is -0.132. The second-order valence-corrected chi connectivity index (χ2v) is 5.33. The highest BCUT2D eigenvalue weighted by atomic mass is 32.1. The fraction of sp³-hybridized carbons (Fsp3) is 0.667. The first-order valence-corrected chi connectivity index (χ1v) is 6.81. The van der Waals surface area contributed by atoms with Crippen molar-refractivity contribution in [3.63, 3.8) is 0 Å². The monoisotopic (exact) mass is 255 g/mol. The summed E-state index contributed by atoms with van der Waals surface area (Å²) in [5, 5.41) is 5.97. The lowest BCUT2D eigenvalue weighted by molar-refractivity contribution is -0.125. The van der Waals surface area contributed by atoms with E-state index < -0.39 is 0 Å². The fourth-order valence-corrected chi connectivity index (χ4v) is 2.34. The maximum atomic E-state index is 11.9. The zero-order valence-electron chi connectivity index (χ0n) is 10.9. The predicted octanol–water partition coefficient (Wildman–Crippen LogP) is 2.00. The molecule has 1 amide bonds. The number of thiazole rings is 1. The molecule has 1 rings (SSSR count). The second kappa shape index (κ2) is 6.12. The average molecular weight is 255 g/mol. The topological polar surface area (TPSA) is 68.0 Å². The van der Waals surface area contributed by atoms with E-state index >= 15 is 0 Å². The number of aromatic nitrogens is 1. The van der Waals surface area contributed by atoms with E-state index in [1.807, 2.05) is 33.1 Å². The van der Waals surface area contributed by atoms with Crippen molar-refractivity contribution in [1.29, 1.82) is 0 Å². The maximum Gasteiger partial charge on any atom is 0.224 e. The molecule has 0 bridgehead atoms. The molecule has 96 valence electrons. The van der Waals surface area contributed by atoms with Gasteiger partial charge in [0, 0.05) is 23.0 Å². The van der Waals surface area contributed by atoms with E-state index in [4.69, 9.17) is 5.73 Å². The van der Waals surface area contributed by atoms with Crippen LogP contribution in [0.3, 0.4) is 0 Å². The van der Waals surface area contributed by atoms with Crippen LogP contribution in [-0.2, 0) is 4.79 Å². The van der Waals surface area contributed by atoms with Crippen molar-refractivity contribution in [2.75, 3.05) is 0 Å². The molecule has 0 saturated heterocycles. The van der Waals surface area contributed by atoms with Crippen molar-refractivity contribution in [1.82, 2.24) is 10.3 Å². The van der Waals surface area contributed by atoms with Crippen molar-refractivity contribution in [3.05, 3.63) is 16.1 Å². The summed E-state index contributed by atoms with van der Waals surface area (Å²) in [6.45, 7) is 7.69. The molecule has 0 aliphatic rings. The summed E-state index contributed by atoms with van der Waals surface area (Å²) in [5.41, 5.74) is 6.72. The van der Waals surface area contributed by atoms with Gasteiger partial charge in [0.1, 0.15) is 5.01 Å². The van der Waals surface area contributed by atoms with Crippen LogP contribution in [0.1, 0.15) is 43.9 Å². The van der Waals surface area contributed by atoms with Gasteiger partial charge in [-0.3, -0.25) is 4.79 Å². The molecule has 17 heavy (non-hydrogen) atoms. The molecule has 4 nitrogen and oxygen atoms in total. The molecule has 0 saturated carbocycles. The van der Waals surface area contributed by atoms with Gasteiger partial charge in [-0.1, -0.05) is 13.8 Å². The third kappa shape index (κ3) is 3.78. The van der Waals surface area contributed by atoms with E-state index in [2.05, 4.69) is 10.3 Å². The summed E-state index contributed by atoms with van der Waals surface area (Å²) in [6.07, 6.45) is 0.838. The SMILES string of the molecule is CCC(NC(=O)C(C)C(C)N)c1nc(C)cs1. The Labute approximate surface area is 107 Å². The quantitative estimate of drug-likeness (QED) is 0.845. The van der Waals surface area contributed by atoms with Crippen LogP contribution in [0.5, 0.6) is 0 Å². The van der Waals surface area contributed by atoms with Crippen LogP contribution in [0, 0.1) is 12.8 Å². The van der Waals surface area contributed by atoms with Gasteiger partial charge in [0.05, 0.1) is 6.04 Å². The zero-order valence-corrected chi connectivity index (χ0v) is 11.7. The Hall–Kier alpha value is -0.940. The molecule has 0 aliphatic heterocycles. The van der Waals surface area contributed by atoms with Crippen molar-refractivity contribution in [2.45, 2.75) is 46.2 Å². The van der Waals surface area contributed by atoms with Crippen LogP contribution in [0.2, 0.25) is 0 Å². The van der Waals surface area contributed by atoms with Gasteiger partial charge in [-0.15, -0.1) is 11.3 Å². The summed E-state index contributed by atoms with van der Waals surface area (Å²) >= 11 is 1.59. The van der Waals surface area contributed by atoms with E-state index in [0.29, 0.717) is 0 Å². The summed E-state index contributed by atoms with van der Waals surface area (Å²) in [5.74, 6) is -0.176. The van der Waals surface area contributed by atoms with Gasteiger partial charge in [0.2, 0.25) is 5.91 Å². The lowest BCUT2D eigenvalue weighted by Crippen LogP contribution is -2.40. The Kier molecular flexibility index (Phi) is 5.08. The normalized spacial score (nSPS) is 16.3. The van der Waals surface area contributed by atoms with Crippen LogP contribution in [0.4, 0.5) is 0 Å². The minimum atomic E-state index is -0.176. The Morgan fingerprint density at radius 3 is 2.65 bits per heavy atom. The minimum absolute atomic E-state index is 0.000275. The number of hydrogen-bond acceptors (Lipinski definition) is 4. The number of nitrogens with zero attached hydrogens (tertiary/aromatic N) is 1. The summed E-state index contributed by atoms with van der Waals surface area (Å²) < 4.78 is 0. The van der Waals surface area contributed by atoms with Crippen LogP contribution in [0.15, 0.2) is 5.38 Å². The molecule has 1 aromatic heterocycles. The van der Waals surface area contributed by atoms with Gasteiger partial charge in [0.15, 0.2) is 0 Å². The largest absolute Gasteiger partial charge is 0.347 e. The zero-order chi connectivity index (χ0) is 13.0.